The Morgan fingerprint density at radius 3 is 2.62 bits per heavy atom. The summed E-state index contributed by atoms with van der Waals surface area (Å²) in [5.74, 6) is -0.266. The molecular formula is C15H22ClN3O2. The monoisotopic (exact) mass is 311 g/mol. The predicted octanol–water partition coefficient (Wildman–Crippen LogP) is 2.42. The molecule has 1 aromatic rings. The van der Waals surface area contributed by atoms with Crippen LogP contribution in [0.3, 0.4) is 0 Å². The molecule has 0 aromatic heterocycles. The second-order valence-electron chi connectivity index (χ2n) is 4.71. The van der Waals surface area contributed by atoms with E-state index >= 15 is 0 Å². The molecule has 0 saturated heterocycles. The Morgan fingerprint density at radius 1 is 1.24 bits per heavy atom. The first kappa shape index (κ1) is 17.5. The minimum atomic E-state index is -0.200. The molecule has 0 fully saturated rings. The number of carbonyl (C=O) groups excluding carboxylic acids is 2. The molecule has 0 radical (unpaired) electrons. The number of anilines is 1. The van der Waals surface area contributed by atoms with Crippen LogP contribution in [-0.4, -0.2) is 32.0 Å². The van der Waals surface area contributed by atoms with Crippen LogP contribution in [0.5, 0.6) is 0 Å². The maximum atomic E-state index is 11.8. The van der Waals surface area contributed by atoms with Gasteiger partial charge in [-0.15, -0.1) is 0 Å². The molecule has 116 valence electrons. The number of hydrogen-bond donors (Lipinski definition) is 3. The van der Waals surface area contributed by atoms with Gasteiger partial charge < -0.3 is 16.0 Å². The third kappa shape index (κ3) is 6.14. The van der Waals surface area contributed by atoms with Crippen molar-refractivity contribution < 1.29 is 9.59 Å². The summed E-state index contributed by atoms with van der Waals surface area (Å²) in [6.07, 6.45) is 2.08. The summed E-state index contributed by atoms with van der Waals surface area (Å²) in [4.78, 5) is 23.5. The van der Waals surface area contributed by atoms with Gasteiger partial charge in [-0.25, -0.2) is 0 Å². The predicted molar refractivity (Wildman–Crippen MR) is 85.9 cm³/mol. The lowest BCUT2D eigenvalue weighted by Gasteiger charge is -2.09. The van der Waals surface area contributed by atoms with Crippen LogP contribution in [0, 0.1) is 0 Å². The summed E-state index contributed by atoms with van der Waals surface area (Å²) < 4.78 is 0. The van der Waals surface area contributed by atoms with Crippen molar-refractivity contribution >= 4 is 29.1 Å². The quantitative estimate of drug-likeness (QED) is 0.646. The van der Waals surface area contributed by atoms with E-state index in [1.54, 1.807) is 18.2 Å². The lowest BCUT2D eigenvalue weighted by molar-refractivity contribution is -0.116. The van der Waals surface area contributed by atoms with Gasteiger partial charge in [0, 0.05) is 18.7 Å². The van der Waals surface area contributed by atoms with E-state index in [2.05, 4.69) is 16.0 Å². The number of hydrogen-bond acceptors (Lipinski definition) is 3. The van der Waals surface area contributed by atoms with Gasteiger partial charge in [-0.1, -0.05) is 18.5 Å². The zero-order chi connectivity index (χ0) is 15.7. The van der Waals surface area contributed by atoms with Crippen LogP contribution in [0.25, 0.3) is 0 Å². The molecule has 1 aromatic carbocycles. The van der Waals surface area contributed by atoms with E-state index in [1.807, 2.05) is 14.0 Å². The standard InChI is InChI=1S/C15H22ClN3O2/c1-3-8-18-15(21)12-7-6-11(10-13(12)16)19-14(20)5-4-9-17-2/h6-7,10,17H,3-5,8-9H2,1-2H3,(H,18,21)(H,19,20). The molecule has 0 heterocycles. The Labute approximate surface area is 130 Å². The zero-order valence-corrected chi connectivity index (χ0v) is 13.2. The third-order valence-corrected chi connectivity index (χ3v) is 3.18. The van der Waals surface area contributed by atoms with Gasteiger partial charge in [-0.05, 0) is 44.6 Å². The maximum Gasteiger partial charge on any atom is 0.252 e. The van der Waals surface area contributed by atoms with Gasteiger partial charge in [0.15, 0.2) is 0 Å². The summed E-state index contributed by atoms with van der Waals surface area (Å²) in [6.45, 7) is 3.39. The molecule has 0 saturated carbocycles. The summed E-state index contributed by atoms with van der Waals surface area (Å²) in [5, 5.41) is 8.85. The Balaban J connectivity index is 2.61. The number of benzene rings is 1. The van der Waals surface area contributed by atoms with Gasteiger partial charge in [-0.3, -0.25) is 9.59 Å². The summed E-state index contributed by atoms with van der Waals surface area (Å²) in [7, 11) is 1.85. The summed E-state index contributed by atoms with van der Waals surface area (Å²) in [6, 6.07) is 4.90. The lowest BCUT2D eigenvalue weighted by atomic mass is 10.2. The van der Waals surface area contributed by atoms with Crippen LogP contribution in [-0.2, 0) is 4.79 Å². The number of carbonyl (C=O) groups is 2. The fraction of sp³-hybridized carbons (Fsp3) is 0.467. The van der Waals surface area contributed by atoms with Crippen molar-refractivity contribution in [3.8, 4) is 0 Å². The van der Waals surface area contributed by atoms with Crippen LogP contribution in [0.15, 0.2) is 18.2 Å². The molecule has 0 atom stereocenters. The van der Waals surface area contributed by atoms with Crippen molar-refractivity contribution in [2.45, 2.75) is 26.2 Å². The number of rotatable bonds is 8. The first-order valence-corrected chi connectivity index (χ1v) is 7.48. The first-order valence-electron chi connectivity index (χ1n) is 7.10. The minimum Gasteiger partial charge on any atom is -0.352 e. The Morgan fingerprint density at radius 2 is 2.00 bits per heavy atom. The molecule has 0 aliphatic heterocycles. The number of halogens is 1. The topological polar surface area (TPSA) is 70.2 Å². The fourth-order valence-corrected chi connectivity index (χ4v) is 2.03. The highest BCUT2D eigenvalue weighted by Gasteiger charge is 2.11. The highest BCUT2D eigenvalue weighted by atomic mass is 35.5. The average molecular weight is 312 g/mol. The highest BCUT2D eigenvalue weighted by Crippen LogP contribution is 2.21. The summed E-state index contributed by atoms with van der Waals surface area (Å²) in [5.41, 5.74) is 1.01. The second kappa shape index (κ2) is 9.37. The first-order chi connectivity index (χ1) is 10.1. The molecule has 3 N–H and O–H groups in total. The Kier molecular flexibility index (Phi) is 7.79. The van der Waals surface area contributed by atoms with Gasteiger partial charge in [0.25, 0.3) is 5.91 Å². The molecular weight excluding hydrogens is 290 g/mol. The summed E-state index contributed by atoms with van der Waals surface area (Å²) >= 11 is 6.09. The molecule has 6 heteroatoms. The van der Waals surface area contributed by atoms with Crippen LogP contribution in [0.4, 0.5) is 5.69 Å². The van der Waals surface area contributed by atoms with Crippen LogP contribution >= 0.6 is 11.6 Å². The number of amides is 2. The number of nitrogens with one attached hydrogen (secondary N) is 3. The third-order valence-electron chi connectivity index (χ3n) is 2.86. The lowest BCUT2D eigenvalue weighted by Crippen LogP contribution is -2.24. The van der Waals surface area contributed by atoms with Crippen molar-refractivity contribution in [2.24, 2.45) is 0 Å². The molecule has 21 heavy (non-hydrogen) atoms. The van der Waals surface area contributed by atoms with E-state index in [-0.39, 0.29) is 11.8 Å². The second-order valence-corrected chi connectivity index (χ2v) is 5.11. The molecule has 2 amide bonds. The van der Waals surface area contributed by atoms with Gasteiger partial charge in [0.1, 0.15) is 0 Å². The van der Waals surface area contributed by atoms with E-state index < -0.39 is 0 Å². The molecule has 0 spiro atoms. The minimum absolute atomic E-state index is 0.0653. The van der Waals surface area contributed by atoms with Crippen molar-refractivity contribution in [3.05, 3.63) is 28.8 Å². The van der Waals surface area contributed by atoms with E-state index in [0.29, 0.717) is 29.2 Å². The van der Waals surface area contributed by atoms with Crippen LogP contribution < -0.4 is 16.0 Å². The normalized spacial score (nSPS) is 10.2. The fourth-order valence-electron chi connectivity index (χ4n) is 1.76. The molecule has 0 aliphatic rings. The van der Waals surface area contributed by atoms with Crippen LogP contribution in [0.1, 0.15) is 36.5 Å². The molecule has 0 aliphatic carbocycles. The van der Waals surface area contributed by atoms with E-state index in [9.17, 15) is 9.59 Å². The molecule has 1 rings (SSSR count). The smallest absolute Gasteiger partial charge is 0.252 e. The van der Waals surface area contributed by atoms with Gasteiger partial charge in [0.05, 0.1) is 10.6 Å². The van der Waals surface area contributed by atoms with E-state index in [0.717, 1.165) is 19.4 Å². The molecule has 5 nitrogen and oxygen atoms in total. The maximum absolute atomic E-state index is 11.8. The Bertz CT molecular complexity index is 492. The average Bonchev–Trinajstić information content (AvgIpc) is 2.45. The van der Waals surface area contributed by atoms with Crippen molar-refractivity contribution in [1.82, 2.24) is 10.6 Å². The van der Waals surface area contributed by atoms with Crippen molar-refractivity contribution in [1.29, 1.82) is 0 Å². The highest BCUT2D eigenvalue weighted by molar-refractivity contribution is 6.34. The SMILES string of the molecule is CCCNC(=O)c1ccc(NC(=O)CCCNC)cc1Cl. The zero-order valence-electron chi connectivity index (χ0n) is 12.5. The Hall–Kier alpha value is -1.59. The van der Waals surface area contributed by atoms with Crippen LogP contribution in [0.2, 0.25) is 5.02 Å². The largest absolute Gasteiger partial charge is 0.352 e. The molecule has 0 bridgehead atoms. The van der Waals surface area contributed by atoms with Gasteiger partial charge in [0.2, 0.25) is 5.91 Å². The van der Waals surface area contributed by atoms with Crippen molar-refractivity contribution in [3.63, 3.8) is 0 Å². The van der Waals surface area contributed by atoms with E-state index in [1.165, 1.54) is 0 Å². The van der Waals surface area contributed by atoms with Gasteiger partial charge >= 0.3 is 0 Å². The van der Waals surface area contributed by atoms with Crippen molar-refractivity contribution in [2.75, 3.05) is 25.5 Å². The molecule has 0 unspecified atom stereocenters. The van der Waals surface area contributed by atoms with Gasteiger partial charge in [-0.2, -0.15) is 0 Å². The van der Waals surface area contributed by atoms with E-state index in [4.69, 9.17) is 11.6 Å².